The van der Waals surface area contributed by atoms with Gasteiger partial charge in [-0.25, -0.2) is 4.79 Å². The molecule has 1 aromatic heterocycles. The number of rotatable bonds is 6. The molecule has 0 atom stereocenters. The van der Waals surface area contributed by atoms with Crippen molar-refractivity contribution in [3.05, 3.63) is 92.6 Å². The van der Waals surface area contributed by atoms with Crippen LogP contribution in [0.2, 0.25) is 0 Å². The number of aromatic amines is 1. The number of nitrogen functional groups attached to an aromatic ring is 1. The summed E-state index contributed by atoms with van der Waals surface area (Å²) in [5, 5.41) is 0. The minimum atomic E-state index is -3.89. The molecule has 0 aliphatic carbocycles. The van der Waals surface area contributed by atoms with Gasteiger partial charge in [0.05, 0.1) is 6.54 Å². The van der Waals surface area contributed by atoms with Crippen molar-refractivity contribution in [2.75, 3.05) is 17.2 Å². The van der Waals surface area contributed by atoms with Crippen molar-refractivity contribution >= 4 is 17.4 Å². The number of hydrogen-bond donors (Lipinski definition) is 2. The maximum Gasteiger partial charge on any atom is 0.350 e. The van der Waals surface area contributed by atoms with Crippen LogP contribution in [0.5, 0.6) is 0 Å². The maximum absolute atomic E-state index is 14.8. The Labute approximate surface area is 170 Å². The molecular formula is C21H20F2N4O3. The Balaban J connectivity index is 2.08. The highest BCUT2D eigenvalue weighted by Crippen LogP contribution is 2.32. The molecule has 0 spiro atoms. The number of likely N-dealkylation sites (N-methyl/N-ethyl adjacent to an activating group) is 1. The minimum absolute atomic E-state index is 0.00386. The fourth-order valence-electron chi connectivity index (χ4n) is 3.10. The molecule has 2 aromatic carbocycles. The monoisotopic (exact) mass is 414 g/mol. The largest absolute Gasteiger partial charge is 0.383 e. The van der Waals surface area contributed by atoms with Gasteiger partial charge in [-0.3, -0.25) is 24.0 Å². The number of aromatic nitrogens is 2. The minimum Gasteiger partial charge on any atom is -0.383 e. The Morgan fingerprint density at radius 1 is 1.07 bits per heavy atom. The molecule has 0 fully saturated rings. The van der Waals surface area contributed by atoms with Gasteiger partial charge >= 0.3 is 17.5 Å². The number of hydrogen-bond acceptors (Lipinski definition) is 4. The van der Waals surface area contributed by atoms with Gasteiger partial charge in [0, 0.05) is 12.1 Å². The van der Waals surface area contributed by atoms with Crippen molar-refractivity contribution in [3.8, 4) is 0 Å². The fourth-order valence-corrected chi connectivity index (χ4v) is 3.10. The zero-order chi connectivity index (χ0) is 21.9. The third-order valence-corrected chi connectivity index (χ3v) is 4.63. The van der Waals surface area contributed by atoms with Gasteiger partial charge < -0.3 is 5.73 Å². The highest BCUT2D eigenvalue weighted by Gasteiger charge is 2.45. The normalized spacial score (nSPS) is 11.3. The Morgan fingerprint density at radius 2 is 1.63 bits per heavy atom. The lowest BCUT2D eigenvalue weighted by atomic mass is 10.1. The van der Waals surface area contributed by atoms with E-state index in [1.807, 2.05) is 0 Å². The molecular weight excluding hydrogens is 394 g/mol. The molecule has 0 saturated heterocycles. The first-order valence-corrected chi connectivity index (χ1v) is 9.19. The number of nitrogens with two attached hydrogens (primary N) is 1. The number of carbonyl (C=O) groups excluding carboxylic acids is 1. The van der Waals surface area contributed by atoms with Gasteiger partial charge in [0.1, 0.15) is 5.82 Å². The molecule has 1 heterocycles. The molecule has 0 unspecified atom stereocenters. The van der Waals surface area contributed by atoms with Crippen LogP contribution in [0, 0.1) is 0 Å². The fraction of sp³-hybridized carbons (Fsp3) is 0.190. The first kappa shape index (κ1) is 21.0. The summed E-state index contributed by atoms with van der Waals surface area (Å²) < 4.78 is 30.7. The van der Waals surface area contributed by atoms with E-state index >= 15 is 0 Å². The second kappa shape index (κ2) is 8.32. The Hall–Kier alpha value is -3.75. The van der Waals surface area contributed by atoms with E-state index in [9.17, 15) is 23.2 Å². The number of benzene rings is 2. The molecule has 7 nitrogen and oxygen atoms in total. The number of amides is 1. The summed E-state index contributed by atoms with van der Waals surface area (Å²) in [5.41, 5.74) is 3.91. The van der Waals surface area contributed by atoms with E-state index in [0.717, 1.165) is 16.7 Å². The second-order valence-electron chi connectivity index (χ2n) is 6.55. The second-order valence-corrected chi connectivity index (χ2v) is 6.55. The lowest BCUT2D eigenvalue weighted by Gasteiger charge is -2.27. The summed E-state index contributed by atoms with van der Waals surface area (Å²) in [6.45, 7) is 1.18. The van der Waals surface area contributed by atoms with Crippen molar-refractivity contribution in [2.24, 2.45) is 0 Å². The molecule has 0 aliphatic rings. The molecule has 3 aromatic rings. The molecule has 156 valence electrons. The lowest BCUT2D eigenvalue weighted by Crippen LogP contribution is -2.46. The third kappa shape index (κ3) is 3.86. The van der Waals surface area contributed by atoms with Crippen LogP contribution in [0.15, 0.2) is 70.3 Å². The number of carbonyl (C=O) groups is 1. The molecule has 0 bridgehead atoms. The Morgan fingerprint density at radius 3 is 2.20 bits per heavy atom. The number of halogens is 2. The van der Waals surface area contributed by atoms with E-state index in [1.165, 1.54) is 19.1 Å². The van der Waals surface area contributed by atoms with Crippen LogP contribution in [0.4, 0.5) is 20.3 Å². The Kier molecular flexibility index (Phi) is 5.81. The van der Waals surface area contributed by atoms with E-state index < -0.39 is 34.3 Å². The molecule has 30 heavy (non-hydrogen) atoms. The number of anilines is 2. The van der Waals surface area contributed by atoms with Gasteiger partial charge in [0.2, 0.25) is 0 Å². The molecule has 3 N–H and O–H groups in total. The lowest BCUT2D eigenvalue weighted by molar-refractivity contribution is -0.143. The van der Waals surface area contributed by atoms with Gasteiger partial charge in [0.15, 0.2) is 5.69 Å². The van der Waals surface area contributed by atoms with Gasteiger partial charge in [0.25, 0.3) is 5.56 Å². The summed E-state index contributed by atoms with van der Waals surface area (Å²) in [4.78, 5) is 40.1. The van der Waals surface area contributed by atoms with E-state index in [2.05, 4.69) is 4.98 Å². The van der Waals surface area contributed by atoms with Crippen molar-refractivity contribution in [1.29, 1.82) is 0 Å². The molecule has 1 amide bonds. The summed E-state index contributed by atoms with van der Waals surface area (Å²) >= 11 is 0. The average Bonchev–Trinajstić information content (AvgIpc) is 2.75. The summed E-state index contributed by atoms with van der Waals surface area (Å²) in [6, 6.07) is 15.3. The number of alkyl halides is 2. The summed E-state index contributed by atoms with van der Waals surface area (Å²) in [6.07, 6.45) is 0. The van der Waals surface area contributed by atoms with Crippen LogP contribution in [-0.2, 0) is 17.3 Å². The zero-order valence-electron chi connectivity index (χ0n) is 16.1. The van der Waals surface area contributed by atoms with Gasteiger partial charge in [-0.05, 0) is 12.5 Å². The van der Waals surface area contributed by atoms with Gasteiger partial charge in [-0.15, -0.1) is 0 Å². The van der Waals surface area contributed by atoms with E-state index in [-0.39, 0.29) is 18.9 Å². The highest BCUT2D eigenvalue weighted by molar-refractivity contribution is 6.00. The van der Waals surface area contributed by atoms with Crippen LogP contribution >= 0.6 is 0 Å². The van der Waals surface area contributed by atoms with Gasteiger partial charge in [-0.1, -0.05) is 60.7 Å². The smallest absolute Gasteiger partial charge is 0.350 e. The predicted molar refractivity (Wildman–Crippen MR) is 110 cm³/mol. The average molecular weight is 414 g/mol. The number of H-pyrrole nitrogens is 1. The SMILES string of the molecule is CCN(C(=O)C(F)(F)c1ccccc1)c1c(N)n(Cc2ccccc2)c(=O)[nH]c1=O. The van der Waals surface area contributed by atoms with Crippen molar-refractivity contribution in [3.63, 3.8) is 0 Å². The van der Waals surface area contributed by atoms with E-state index in [4.69, 9.17) is 5.73 Å². The van der Waals surface area contributed by atoms with Crippen LogP contribution in [0.3, 0.4) is 0 Å². The maximum atomic E-state index is 14.8. The quantitative estimate of drug-likeness (QED) is 0.646. The van der Waals surface area contributed by atoms with Crippen molar-refractivity contribution in [2.45, 2.75) is 19.4 Å². The molecule has 0 radical (unpaired) electrons. The van der Waals surface area contributed by atoms with Gasteiger partial charge in [-0.2, -0.15) is 8.78 Å². The molecule has 0 aliphatic heterocycles. The summed E-state index contributed by atoms with van der Waals surface area (Å²) in [5.74, 6) is -5.87. The predicted octanol–water partition coefficient (Wildman–Crippen LogP) is 2.31. The third-order valence-electron chi connectivity index (χ3n) is 4.63. The van der Waals surface area contributed by atoms with Crippen molar-refractivity contribution in [1.82, 2.24) is 9.55 Å². The number of nitrogens with zero attached hydrogens (tertiary/aromatic N) is 2. The van der Waals surface area contributed by atoms with E-state index in [1.54, 1.807) is 36.4 Å². The topological polar surface area (TPSA) is 101 Å². The number of nitrogens with one attached hydrogen (secondary N) is 1. The zero-order valence-corrected chi connectivity index (χ0v) is 16.1. The molecule has 0 saturated carbocycles. The van der Waals surface area contributed by atoms with Crippen LogP contribution in [0.1, 0.15) is 18.1 Å². The van der Waals surface area contributed by atoms with Crippen LogP contribution in [-0.4, -0.2) is 22.0 Å². The molecule has 9 heteroatoms. The molecule has 3 rings (SSSR count). The van der Waals surface area contributed by atoms with Crippen LogP contribution in [0.25, 0.3) is 0 Å². The standard InChI is InChI=1S/C21H20F2N4O3/c1-2-26(19(29)21(22,23)15-11-7-4-8-12-15)16-17(24)27(20(30)25-18(16)28)13-14-9-5-3-6-10-14/h3-12H,2,13,24H2,1H3,(H,25,28,30). The highest BCUT2D eigenvalue weighted by atomic mass is 19.3. The summed E-state index contributed by atoms with van der Waals surface area (Å²) in [7, 11) is 0. The van der Waals surface area contributed by atoms with Crippen molar-refractivity contribution < 1.29 is 13.6 Å². The first-order valence-electron chi connectivity index (χ1n) is 9.19. The van der Waals surface area contributed by atoms with Crippen LogP contribution < -0.4 is 21.9 Å². The Bertz CT molecular complexity index is 1160. The first-order chi connectivity index (χ1) is 14.3. The van der Waals surface area contributed by atoms with E-state index in [0.29, 0.717) is 10.5 Å².